The highest BCUT2D eigenvalue weighted by Crippen LogP contribution is 2.19. The van der Waals surface area contributed by atoms with Crippen LogP contribution in [0.2, 0.25) is 0 Å². The molecule has 1 fully saturated rings. The quantitative estimate of drug-likeness (QED) is 0.883. The first kappa shape index (κ1) is 16.5. The summed E-state index contributed by atoms with van der Waals surface area (Å²) in [6.45, 7) is 7.09. The lowest BCUT2D eigenvalue weighted by atomic mass is 9.86. The SMILES string of the molecule is CC(C)(C)[C@H](N)C(=O)NC1CCN(C(=O)c2ccoc2)CC1. The molecule has 0 aromatic carbocycles. The van der Waals surface area contributed by atoms with Gasteiger partial charge in [0.25, 0.3) is 5.91 Å². The normalized spacial score (nSPS) is 18.1. The first-order valence-electron chi connectivity index (χ1n) is 7.66. The van der Waals surface area contributed by atoms with E-state index in [1.807, 2.05) is 20.8 Å². The van der Waals surface area contributed by atoms with E-state index in [2.05, 4.69) is 5.32 Å². The summed E-state index contributed by atoms with van der Waals surface area (Å²) in [5.41, 5.74) is 6.27. The van der Waals surface area contributed by atoms with Crippen molar-refractivity contribution in [3.05, 3.63) is 24.2 Å². The Bertz CT molecular complexity index is 511. The number of amides is 2. The molecule has 0 saturated carbocycles. The number of nitrogens with two attached hydrogens (primary N) is 1. The van der Waals surface area contributed by atoms with Gasteiger partial charge in [0.05, 0.1) is 17.9 Å². The average molecular weight is 307 g/mol. The fourth-order valence-electron chi connectivity index (χ4n) is 2.48. The van der Waals surface area contributed by atoms with Crippen molar-refractivity contribution in [1.29, 1.82) is 0 Å². The van der Waals surface area contributed by atoms with E-state index in [9.17, 15) is 9.59 Å². The number of rotatable bonds is 3. The van der Waals surface area contributed by atoms with Crippen LogP contribution in [0.5, 0.6) is 0 Å². The van der Waals surface area contributed by atoms with Crippen molar-refractivity contribution in [3.8, 4) is 0 Å². The predicted molar refractivity (Wildman–Crippen MR) is 83.2 cm³/mol. The zero-order chi connectivity index (χ0) is 16.3. The van der Waals surface area contributed by atoms with Crippen LogP contribution in [0.1, 0.15) is 44.0 Å². The molecule has 1 aliphatic rings. The lowest BCUT2D eigenvalue weighted by molar-refractivity contribution is -0.125. The Morgan fingerprint density at radius 3 is 2.50 bits per heavy atom. The maximum atomic E-state index is 12.2. The second kappa shape index (κ2) is 6.52. The van der Waals surface area contributed by atoms with Gasteiger partial charge in [-0.15, -0.1) is 0 Å². The lowest BCUT2D eigenvalue weighted by Gasteiger charge is -2.34. The molecule has 6 heteroatoms. The monoisotopic (exact) mass is 307 g/mol. The third kappa shape index (κ3) is 3.88. The molecule has 0 spiro atoms. The Morgan fingerprint density at radius 2 is 2.00 bits per heavy atom. The van der Waals surface area contributed by atoms with Crippen molar-refractivity contribution in [3.63, 3.8) is 0 Å². The highest BCUT2D eigenvalue weighted by Gasteiger charge is 2.30. The van der Waals surface area contributed by atoms with Crippen LogP contribution in [0, 0.1) is 5.41 Å². The Hall–Kier alpha value is -1.82. The molecular weight excluding hydrogens is 282 g/mol. The van der Waals surface area contributed by atoms with E-state index in [-0.39, 0.29) is 23.3 Å². The molecule has 122 valence electrons. The summed E-state index contributed by atoms with van der Waals surface area (Å²) in [5, 5.41) is 3.00. The molecule has 0 radical (unpaired) electrons. The fraction of sp³-hybridized carbons (Fsp3) is 0.625. The highest BCUT2D eigenvalue weighted by atomic mass is 16.3. The molecular formula is C16H25N3O3. The van der Waals surface area contributed by atoms with Crippen molar-refractivity contribution in [1.82, 2.24) is 10.2 Å². The number of hydrogen-bond acceptors (Lipinski definition) is 4. The number of piperidine rings is 1. The van der Waals surface area contributed by atoms with Crippen LogP contribution in [-0.2, 0) is 4.79 Å². The van der Waals surface area contributed by atoms with Crippen LogP contribution in [-0.4, -0.2) is 41.9 Å². The van der Waals surface area contributed by atoms with E-state index >= 15 is 0 Å². The number of nitrogens with one attached hydrogen (secondary N) is 1. The molecule has 1 aliphatic heterocycles. The van der Waals surface area contributed by atoms with Crippen LogP contribution < -0.4 is 11.1 Å². The van der Waals surface area contributed by atoms with Gasteiger partial charge in [-0.3, -0.25) is 9.59 Å². The molecule has 2 heterocycles. The topological polar surface area (TPSA) is 88.6 Å². The Kier molecular flexibility index (Phi) is 4.90. The van der Waals surface area contributed by atoms with Gasteiger partial charge in [-0.1, -0.05) is 20.8 Å². The van der Waals surface area contributed by atoms with Gasteiger partial charge in [-0.25, -0.2) is 0 Å². The van der Waals surface area contributed by atoms with Crippen molar-refractivity contribution in [2.24, 2.45) is 11.1 Å². The number of furan rings is 1. The third-order valence-electron chi connectivity index (χ3n) is 4.11. The number of hydrogen-bond donors (Lipinski definition) is 2. The molecule has 1 saturated heterocycles. The minimum atomic E-state index is -0.530. The molecule has 3 N–H and O–H groups in total. The van der Waals surface area contributed by atoms with E-state index in [1.54, 1.807) is 11.0 Å². The summed E-state index contributed by atoms with van der Waals surface area (Å²) in [5.74, 6) is -0.142. The number of carbonyl (C=O) groups is 2. The highest BCUT2D eigenvalue weighted by molar-refractivity contribution is 5.93. The summed E-state index contributed by atoms with van der Waals surface area (Å²) in [4.78, 5) is 26.1. The molecule has 1 atom stereocenters. The van der Waals surface area contributed by atoms with E-state index in [1.165, 1.54) is 12.5 Å². The minimum Gasteiger partial charge on any atom is -0.472 e. The maximum absolute atomic E-state index is 12.2. The largest absolute Gasteiger partial charge is 0.472 e. The van der Waals surface area contributed by atoms with Crippen LogP contribution in [0.3, 0.4) is 0 Å². The van der Waals surface area contributed by atoms with E-state index in [0.717, 1.165) is 12.8 Å². The lowest BCUT2D eigenvalue weighted by Crippen LogP contribution is -2.54. The van der Waals surface area contributed by atoms with E-state index in [4.69, 9.17) is 10.2 Å². The molecule has 0 unspecified atom stereocenters. The molecule has 0 aliphatic carbocycles. The Labute approximate surface area is 131 Å². The zero-order valence-electron chi connectivity index (χ0n) is 13.5. The van der Waals surface area contributed by atoms with E-state index < -0.39 is 6.04 Å². The summed E-state index contributed by atoms with van der Waals surface area (Å²) >= 11 is 0. The van der Waals surface area contributed by atoms with Gasteiger partial charge >= 0.3 is 0 Å². The van der Waals surface area contributed by atoms with Gasteiger partial charge in [0, 0.05) is 19.1 Å². The third-order valence-corrected chi connectivity index (χ3v) is 4.11. The van der Waals surface area contributed by atoms with Crippen LogP contribution >= 0.6 is 0 Å². The number of nitrogens with zero attached hydrogens (tertiary/aromatic N) is 1. The second-order valence-electron chi connectivity index (χ2n) is 6.93. The summed E-state index contributed by atoms with van der Waals surface area (Å²) in [7, 11) is 0. The van der Waals surface area contributed by atoms with Gasteiger partial charge < -0.3 is 20.4 Å². The molecule has 1 aromatic heterocycles. The van der Waals surface area contributed by atoms with Crippen molar-refractivity contribution in [2.45, 2.75) is 45.7 Å². The minimum absolute atomic E-state index is 0.0232. The predicted octanol–water partition coefficient (Wildman–Crippen LogP) is 1.37. The maximum Gasteiger partial charge on any atom is 0.257 e. The molecule has 22 heavy (non-hydrogen) atoms. The molecule has 2 amide bonds. The molecule has 2 rings (SSSR count). The molecule has 1 aromatic rings. The Morgan fingerprint density at radius 1 is 1.36 bits per heavy atom. The van der Waals surface area contributed by atoms with E-state index in [0.29, 0.717) is 18.7 Å². The van der Waals surface area contributed by atoms with Gasteiger partial charge in [0.1, 0.15) is 6.26 Å². The summed E-state index contributed by atoms with van der Waals surface area (Å²) < 4.78 is 4.94. The second-order valence-corrected chi connectivity index (χ2v) is 6.93. The van der Waals surface area contributed by atoms with Gasteiger partial charge in [0.15, 0.2) is 0 Å². The Balaban J connectivity index is 1.83. The average Bonchev–Trinajstić information content (AvgIpc) is 2.99. The first-order chi connectivity index (χ1) is 10.3. The zero-order valence-corrected chi connectivity index (χ0v) is 13.5. The molecule has 6 nitrogen and oxygen atoms in total. The van der Waals surface area contributed by atoms with Crippen LogP contribution in [0.15, 0.2) is 23.0 Å². The number of carbonyl (C=O) groups excluding carboxylic acids is 2. The van der Waals surface area contributed by atoms with Crippen LogP contribution in [0.4, 0.5) is 0 Å². The van der Waals surface area contributed by atoms with Gasteiger partial charge in [-0.2, -0.15) is 0 Å². The van der Waals surface area contributed by atoms with Crippen molar-refractivity contribution >= 4 is 11.8 Å². The van der Waals surface area contributed by atoms with Crippen molar-refractivity contribution in [2.75, 3.05) is 13.1 Å². The number of likely N-dealkylation sites (tertiary alicyclic amines) is 1. The van der Waals surface area contributed by atoms with Crippen molar-refractivity contribution < 1.29 is 14.0 Å². The first-order valence-corrected chi connectivity index (χ1v) is 7.66. The summed E-state index contributed by atoms with van der Waals surface area (Å²) in [6, 6.07) is 1.21. The molecule has 0 bridgehead atoms. The van der Waals surface area contributed by atoms with Gasteiger partial charge in [-0.05, 0) is 24.3 Å². The standard InChI is InChI=1S/C16H25N3O3/c1-16(2,3)13(17)14(20)18-12-4-7-19(8-5-12)15(21)11-6-9-22-10-11/h6,9-10,12-13H,4-5,7-8,17H2,1-3H3,(H,18,20)/t13-/m1/s1. The summed E-state index contributed by atoms with van der Waals surface area (Å²) in [6.07, 6.45) is 4.44. The smallest absolute Gasteiger partial charge is 0.257 e. The van der Waals surface area contributed by atoms with Gasteiger partial charge in [0.2, 0.25) is 5.91 Å². The van der Waals surface area contributed by atoms with Crippen LogP contribution in [0.25, 0.3) is 0 Å². The fourth-order valence-corrected chi connectivity index (χ4v) is 2.48.